The van der Waals surface area contributed by atoms with Gasteiger partial charge in [0.05, 0.1) is 6.10 Å². The van der Waals surface area contributed by atoms with Crippen molar-refractivity contribution in [3.63, 3.8) is 0 Å². The zero-order valence-electron chi connectivity index (χ0n) is 12.9. The number of aliphatic hydroxyl groups excluding tert-OH is 1. The maximum Gasteiger partial charge on any atom is 0.332 e. The van der Waals surface area contributed by atoms with Gasteiger partial charge >= 0.3 is 5.69 Å². The Bertz CT molecular complexity index is 634. The molecule has 1 aromatic heterocycles. The van der Waals surface area contributed by atoms with Gasteiger partial charge < -0.3 is 15.7 Å². The highest BCUT2D eigenvalue weighted by Crippen LogP contribution is 2.24. The second-order valence-corrected chi connectivity index (χ2v) is 5.81. The van der Waals surface area contributed by atoms with Crippen LogP contribution in [-0.4, -0.2) is 33.4 Å². The van der Waals surface area contributed by atoms with Crippen molar-refractivity contribution >= 4 is 11.5 Å². The maximum absolute atomic E-state index is 12.4. The molecule has 1 saturated heterocycles. The van der Waals surface area contributed by atoms with Crippen LogP contribution in [0.3, 0.4) is 0 Å². The smallest absolute Gasteiger partial charge is 0.332 e. The van der Waals surface area contributed by atoms with E-state index in [0.717, 1.165) is 17.4 Å². The van der Waals surface area contributed by atoms with Gasteiger partial charge in [0.25, 0.3) is 5.56 Å². The van der Waals surface area contributed by atoms with Gasteiger partial charge in [-0.25, -0.2) is 4.79 Å². The first kappa shape index (κ1) is 15.6. The highest BCUT2D eigenvalue weighted by molar-refractivity contribution is 5.63. The summed E-state index contributed by atoms with van der Waals surface area (Å²) < 4.78 is 2.52. The zero-order chi connectivity index (χ0) is 15.7. The van der Waals surface area contributed by atoms with Crippen LogP contribution in [0.25, 0.3) is 0 Å². The van der Waals surface area contributed by atoms with E-state index in [1.54, 1.807) is 4.90 Å². The maximum atomic E-state index is 12.4. The Hall–Kier alpha value is -1.76. The van der Waals surface area contributed by atoms with E-state index < -0.39 is 17.4 Å². The number of hydrogen-bond donors (Lipinski definition) is 2. The monoisotopic (exact) mass is 296 g/mol. The summed E-state index contributed by atoms with van der Waals surface area (Å²) in [6, 6.07) is 0. The highest BCUT2D eigenvalue weighted by atomic mass is 16.3. The normalized spacial score (nSPS) is 22.6. The third-order valence-electron chi connectivity index (χ3n) is 4.24. The Morgan fingerprint density at radius 2 is 2.05 bits per heavy atom. The molecule has 7 heteroatoms. The van der Waals surface area contributed by atoms with Crippen molar-refractivity contribution in [2.45, 2.75) is 39.3 Å². The Kier molecular flexibility index (Phi) is 4.41. The van der Waals surface area contributed by atoms with Crippen LogP contribution in [0.1, 0.15) is 26.7 Å². The van der Waals surface area contributed by atoms with Crippen LogP contribution in [0, 0.1) is 5.92 Å². The van der Waals surface area contributed by atoms with Gasteiger partial charge in [0.15, 0.2) is 0 Å². The molecule has 0 spiro atoms. The summed E-state index contributed by atoms with van der Waals surface area (Å²) >= 11 is 0. The Balaban J connectivity index is 2.53. The number of piperidine rings is 1. The first-order valence-electron chi connectivity index (χ1n) is 7.40. The number of anilines is 2. The predicted octanol–water partition coefficient (Wildman–Crippen LogP) is -0.254. The van der Waals surface area contributed by atoms with Gasteiger partial charge in [0, 0.05) is 26.7 Å². The standard InChI is InChI=1S/C14H24N4O3/c1-4-6-18-12(15)11(13(20)16(3)14(18)21)17-7-5-9(2)10(19)8-17/h9-10,19H,4-8,15H2,1-3H3. The Morgan fingerprint density at radius 1 is 1.38 bits per heavy atom. The van der Waals surface area contributed by atoms with Crippen LogP contribution in [0.2, 0.25) is 0 Å². The largest absolute Gasteiger partial charge is 0.391 e. The molecule has 0 radical (unpaired) electrons. The fourth-order valence-electron chi connectivity index (χ4n) is 2.76. The van der Waals surface area contributed by atoms with Gasteiger partial charge in [-0.15, -0.1) is 0 Å². The summed E-state index contributed by atoms with van der Waals surface area (Å²) in [4.78, 5) is 26.3. The average Bonchev–Trinajstić information content (AvgIpc) is 2.45. The number of β-amino-alcohol motifs (C(OH)–C–C–N with tert-alkyl or cyclic N) is 1. The molecule has 118 valence electrons. The zero-order valence-corrected chi connectivity index (χ0v) is 12.9. The molecular formula is C14H24N4O3. The molecule has 0 bridgehead atoms. The molecule has 7 nitrogen and oxygen atoms in total. The van der Waals surface area contributed by atoms with Crippen LogP contribution >= 0.6 is 0 Å². The lowest BCUT2D eigenvalue weighted by atomic mass is 9.96. The summed E-state index contributed by atoms with van der Waals surface area (Å²) in [6.07, 6.45) is 1.05. The van der Waals surface area contributed by atoms with E-state index in [0.29, 0.717) is 25.3 Å². The van der Waals surface area contributed by atoms with Gasteiger partial charge in [-0.3, -0.25) is 13.9 Å². The van der Waals surface area contributed by atoms with Crippen molar-refractivity contribution in [2.75, 3.05) is 23.7 Å². The summed E-state index contributed by atoms with van der Waals surface area (Å²) in [5.74, 6) is 0.402. The van der Waals surface area contributed by atoms with Gasteiger partial charge in [-0.1, -0.05) is 13.8 Å². The third-order valence-corrected chi connectivity index (χ3v) is 4.24. The van der Waals surface area contributed by atoms with Gasteiger partial charge in [0.1, 0.15) is 11.5 Å². The number of aromatic nitrogens is 2. The molecule has 0 aliphatic carbocycles. The molecule has 21 heavy (non-hydrogen) atoms. The van der Waals surface area contributed by atoms with Crippen LogP contribution in [-0.2, 0) is 13.6 Å². The molecule has 2 rings (SSSR count). The minimum absolute atomic E-state index is 0.201. The summed E-state index contributed by atoms with van der Waals surface area (Å²) in [5.41, 5.74) is 5.62. The van der Waals surface area contributed by atoms with Crippen LogP contribution in [0.15, 0.2) is 9.59 Å². The van der Waals surface area contributed by atoms with Crippen LogP contribution in [0.4, 0.5) is 11.5 Å². The molecule has 1 fully saturated rings. The quantitative estimate of drug-likeness (QED) is 0.802. The minimum atomic E-state index is -0.491. The van der Waals surface area contributed by atoms with Crippen molar-refractivity contribution in [1.29, 1.82) is 0 Å². The molecule has 1 aliphatic heterocycles. The second kappa shape index (κ2) is 5.93. The number of hydrogen-bond acceptors (Lipinski definition) is 5. The fraction of sp³-hybridized carbons (Fsp3) is 0.714. The second-order valence-electron chi connectivity index (χ2n) is 5.81. The van der Waals surface area contributed by atoms with E-state index in [1.165, 1.54) is 11.6 Å². The van der Waals surface area contributed by atoms with E-state index >= 15 is 0 Å². The first-order chi connectivity index (χ1) is 9.88. The highest BCUT2D eigenvalue weighted by Gasteiger charge is 2.28. The molecule has 0 aromatic carbocycles. The molecule has 0 amide bonds. The van der Waals surface area contributed by atoms with Gasteiger partial charge in [-0.05, 0) is 18.8 Å². The lowest BCUT2D eigenvalue weighted by Gasteiger charge is -2.36. The molecular weight excluding hydrogens is 272 g/mol. The van der Waals surface area contributed by atoms with Crippen LogP contribution in [0.5, 0.6) is 0 Å². The molecule has 1 aliphatic rings. The van der Waals surface area contributed by atoms with E-state index in [4.69, 9.17) is 5.73 Å². The number of nitrogens with two attached hydrogens (primary N) is 1. The van der Waals surface area contributed by atoms with E-state index in [9.17, 15) is 14.7 Å². The number of nitrogen functional groups attached to an aromatic ring is 1. The molecule has 2 atom stereocenters. The number of rotatable bonds is 3. The molecule has 3 N–H and O–H groups in total. The number of nitrogens with zero attached hydrogens (tertiary/aromatic N) is 3. The van der Waals surface area contributed by atoms with Crippen molar-refractivity contribution in [3.8, 4) is 0 Å². The minimum Gasteiger partial charge on any atom is -0.391 e. The van der Waals surface area contributed by atoms with Gasteiger partial charge in [-0.2, -0.15) is 0 Å². The van der Waals surface area contributed by atoms with E-state index in [2.05, 4.69) is 0 Å². The third kappa shape index (κ3) is 2.70. The lowest BCUT2D eigenvalue weighted by Crippen LogP contribution is -2.49. The number of aliphatic hydroxyl groups is 1. The lowest BCUT2D eigenvalue weighted by molar-refractivity contribution is 0.103. The Morgan fingerprint density at radius 3 is 2.62 bits per heavy atom. The summed E-state index contributed by atoms with van der Waals surface area (Å²) in [7, 11) is 1.46. The Labute approximate surface area is 123 Å². The van der Waals surface area contributed by atoms with Crippen molar-refractivity contribution in [2.24, 2.45) is 13.0 Å². The molecule has 2 heterocycles. The topological polar surface area (TPSA) is 93.5 Å². The van der Waals surface area contributed by atoms with E-state index in [1.807, 2.05) is 13.8 Å². The first-order valence-corrected chi connectivity index (χ1v) is 7.40. The fourth-order valence-corrected chi connectivity index (χ4v) is 2.76. The SMILES string of the molecule is CCCn1c(N)c(N2CCC(C)C(O)C2)c(=O)n(C)c1=O. The predicted molar refractivity (Wildman–Crippen MR) is 82.6 cm³/mol. The molecule has 0 saturated carbocycles. The van der Waals surface area contributed by atoms with Crippen molar-refractivity contribution in [1.82, 2.24) is 9.13 Å². The molecule has 2 unspecified atom stereocenters. The van der Waals surface area contributed by atoms with Crippen molar-refractivity contribution < 1.29 is 5.11 Å². The summed E-state index contributed by atoms with van der Waals surface area (Å²) in [6.45, 7) is 5.43. The van der Waals surface area contributed by atoms with Crippen LogP contribution < -0.4 is 21.9 Å². The van der Waals surface area contributed by atoms with E-state index in [-0.39, 0.29) is 11.7 Å². The molecule has 1 aromatic rings. The average molecular weight is 296 g/mol. The summed E-state index contributed by atoms with van der Waals surface area (Å²) in [5, 5.41) is 10.0. The van der Waals surface area contributed by atoms with Crippen molar-refractivity contribution in [3.05, 3.63) is 20.8 Å². The van der Waals surface area contributed by atoms with Gasteiger partial charge in [0.2, 0.25) is 0 Å².